The summed E-state index contributed by atoms with van der Waals surface area (Å²) >= 11 is 6.13. The third kappa shape index (κ3) is 2.09. The molecule has 0 aliphatic carbocycles. The number of halogens is 1. The highest BCUT2D eigenvalue weighted by Gasteiger charge is 2.16. The molecule has 5 heteroatoms. The summed E-state index contributed by atoms with van der Waals surface area (Å²) in [7, 11) is 1.86. The van der Waals surface area contributed by atoms with Crippen LogP contribution in [0, 0.1) is 0 Å². The van der Waals surface area contributed by atoms with E-state index < -0.39 is 0 Å². The molecule has 16 heavy (non-hydrogen) atoms. The molecule has 4 nitrogen and oxygen atoms in total. The van der Waals surface area contributed by atoms with Gasteiger partial charge in [0, 0.05) is 23.8 Å². The molecule has 0 spiro atoms. The molecule has 2 rings (SSSR count). The number of benzene rings is 1. The number of nitrogens with zero attached hydrogens (tertiary/aromatic N) is 2. The molecule has 3 N–H and O–H groups in total. The molecular formula is C11H13ClN4. The molecule has 1 unspecified atom stereocenters. The lowest BCUT2D eigenvalue weighted by Gasteiger charge is -2.15. The van der Waals surface area contributed by atoms with E-state index in [-0.39, 0.29) is 6.04 Å². The van der Waals surface area contributed by atoms with Gasteiger partial charge in [0.05, 0.1) is 12.2 Å². The van der Waals surface area contributed by atoms with Crippen molar-refractivity contribution in [2.75, 3.05) is 0 Å². The van der Waals surface area contributed by atoms with Gasteiger partial charge in [-0.25, -0.2) is 5.43 Å². The van der Waals surface area contributed by atoms with Crippen LogP contribution >= 0.6 is 11.6 Å². The van der Waals surface area contributed by atoms with Crippen molar-refractivity contribution in [3.8, 4) is 0 Å². The zero-order chi connectivity index (χ0) is 11.5. The lowest BCUT2D eigenvalue weighted by molar-refractivity contribution is 0.636. The van der Waals surface area contributed by atoms with E-state index in [2.05, 4.69) is 10.5 Å². The first kappa shape index (κ1) is 11.1. The van der Waals surface area contributed by atoms with Crippen molar-refractivity contribution in [1.82, 2.24) is 15.2 Å². The fourth-order valence-corrected chi connectivity index (χ4v) is 1.91. The van der Waals surface area contributed by atoms with E-state index in [9.17, 15) is 0 Å². The fourth-order valence-electron chi connectivity index (χ4n) is 1.66. The van der Waals surface area contributed by atoms with E-state index in [4.69, 9.17) is 17.4 Å². The van der Waals surface area contributed by atoms with Crippen LogP contribution in [0.15, 0.2) is 36.7 Å². The number of rotatable bonds is 3. The van der Waals surface area contributed by atoms with Gasteiger partial charge in [0.1, 0.15) is 0 Å². The van der Waals surface area contributed by atoms with E-state index in [0.29, 0.717) is 5.02 Å². The molecule has 1 atom stereocenters. The van der Waals surface area contributed by atoms with Crippen molar-refractivity contribution < 1.29 is 0 Å². The molecule has 0 fully saturated rings. The van der Waals surface area contributed by atoms with Gasteiger partial charge in [-0.05, 0) is 11.6 Å². The van der Waals surface area contributed by atoms with Crippen molar-refractivity contribution in [2.24, 2.45) is 12.9 Å². The molecule has 0 saturated heterocycles. The molecule has 0 aliphatic heterocycles. The standard InChI is InChI=1S/C11H13ClN4/c1-16-7-8(6-14-16)11(15-13)9-4-2-3-5-10(9)12/h2-7,11,15H,13H2,1H3. The summed E-state index contributed by atoms with van der Waals surface area (Å²) in [4.78, 5) is 0. The Balaban J connectivity index is 2.40. The summed E-state index contributed by atoms with van der Waals surface area (Å²) < 4.78 is 1.73. The third-order valence-corrected chi connectivity index (χ3v) is 2.79. The number of aryl methyl sites for hydroxylation is 1. The van der Waals surface area contributed by atoms with Gasteiger partial charge in [-0.2, -0.15) is 5.10 Å². The van der Waals surface area contributed by atoms with Crippen LogP contribution in [0.1, 0.15) is 17.2 Å². The Hall–Kier alpha value is -1.36. The van der Waals surface area contributed by atoms with Crippen LogP contribution in [-0.2, 0) is 7.05 Å². The first-order valence-electron chi connectivity index (χ1n) is 4.91. The van der Waals surface area contributed by atoms with Gasteiger partial charge in [-0.15, -0.1) is 0 Å². The predicted octanol–water partition coefficient (Wildman–Crippen LogP) is 1.63. The zero-order valence-corrected chi connectivity index (χ0v) is 9.65. The number of hydrogen-bond acceptors (Lipinski definition) is 3. The quantitative estimate of drug-likeness (QED) is 0.629. The van der Waals surface area contributed by atoms with Crippen LogP contribution in [0.5, 0.6) is 0 Å². The molecule has 1 heterocycles. The molecule has 0 amide bonds. The van der Waals surface area contributed by atoms with Crippen LogP contribution in [0.4, 0.5) is 0 Å². The molecule has 0 aliphatic rings. The largest absolute Gasteiger partial charge is 0.275 e. The molecule has 1 aromatic heterocycles. The Morgan fingerprint density at radius 1 is 1.44 bits per heavy atom. The Bertz CT molecular complexity index is 480. The fraction of sp³-hybridized carbons (Fsp3) is 0.182. The highest BCUT2D eigenvalue weighted by atomic mass is 35.5. The highest BCUT2D eigenvalue weighted by Crippen LogP contribution is 2.26. The van der Waals surface area contributed by atoms with Gasteiger partial charge >= 0.3 is 0 Å². The van der Waals surface area contributed by atoms with Crippen LogP contribution in [-0.4, -0.2) is 9.78 Å². The Labute approximate surface area is 99.0 Å². The van der Waals surface area contributed by atoms with Crippen LogP contribution in [0.25, 0.3) is 0 Å². The third-order valence-electron chi connectivity index (χ3n) is 2.44. The molecule has 0 bridgehead atoms. The summed E-state index contributed by atoms with van der Waals surface area (Å²) in [5.41, 5.74) is 4.68. The van der Waals surface area contributed by atoms with E-state index in [1.54, 1.807) is 10.9 Å². The molecular weight excluding hydrogens is 224 g/mol. The van der Waals surface area contributed by atoms with Gasteiger partial charge in [-0.3, -0.25) is 10.5 Å². The highest BCUT2D eigenvalue weighted by molar-refractivity contribution is 6.31. The summed E-state index contributed by atoms with van der Waals surface area (Å²) in [5, 5.41) is 4.81. The SMILES string of the molecule is Cn1cc(C(NN)c2ccccc2Cl)cn1. The summed E-state index contributed by atoms with van der Waals surface area (Å²) in [6, 6.07) is 7.48. The second-order valence-electron chi connectivity index (χ2n) is 3.57. The maximum absolute atomic E-state index is 6.13. The monoisotopic (exact) mass is 236 g/mol. The number of aromatic nitrogens is 2. The van der Waals surface area contributed by atoms with Gasteiger partial charge in [0.25, 0.3) is 0 Å². The summed E-state index contributed by atoms with van der Waals surface area (Å²) in [6.07, 6.45) is 3.68. The first-order chi connectivity index (χ1) is 7.72. The smallest absolute Gasteiger partial charge is 0.0755 e. The van der Waals surface area contributed by atoms with Gasteiger partial charge < -0.3 is 0 Å². The molecule has 0 saturated carbocycles. The average Bonchev–Trinajstić information content (AvgIpc) is 2.69. The maximum Gasteiger partial charge on any atom is 0.0755 e. The van der Waals surface area contributed by atoms with E-state index in [1.165, 1.54) is 0 Å². The second-order valence-corrected chi connectivity index (χ2v) is 3.98. The Kier molecular flexibility index (Phi) is 3.24. The normalized spacial score (nSPS) is 12.7. The molecule has 84 valence electrons. The van der Waals surface area contributed by atoms with Crippen molar-refractivity contribution in [2.45, 2.75) is 6.04 Å². The minimum Gasteiger partial charge on any atom is -0.275 e. The second kappa shape index (κ2) is 4.65. The first-order valence-corrected chi connectivity index (χ1v) is 5.29. The van der Waals surface area contributed by atoms with Gasteiger partial charge in [0.2, 0.25) is 0 Å². The molecule has 0 radical (unpaired) electrons. The number of hydrazine groups is 1. The van der Waals surface area contributed by atoms with Gasteiger partial charge in [0.15, 0.2) is 0 Å². The van der Waals surface area contributed by atoms with Crippen molar-refractivity contribution in [3.05, 3.63) is 52.8 Å². The van der Waals surface area contributed by atoms with E-state index >= 15 is 0 Å². The lowest BCUT2D eigenvalue weighted by Crippen LogP contribution is -2.28. The Morgan fingerprint density at radius 3 is 2.75 bits per heavy atom. The molecule has 2 aromatic rings. The maximum atomic E-state index is 6.13. The zero-order valence-electron chi connectivity index (χ0n) is 8.89. The summed E-state index contributed by atoms with van der Waals surface area (Å²) in [6.45, 7) is 0. The number of hydrogen-bond donors (Lipinski definition) is 2. The van der Waals surface area contributed by atoms with Crippen LogP contribution < -0.4 is 11.3 Å². The number of nitrogens with two attached hydrogens (primary N) is 1. The van der Waals surface area contributed by atoms with E-state index in [1.807, 2.05) is 37.5 Å². The number of nitrogens with one attached hydrogen (secondary N) is 1. The van der Waals surface area contributed by atoms with Crippen molar-refractivity contribution in [3.63, 3.8) is 0 Å². The van der Waals surface area contributed by atoms with Crippen LogP contribution in [0.3, 0.4) is 0 Å². The van der Waals surface area contributed by atoms with Crippen molar-refractivity contribution in [1.29, 1.82) is 0 Å². The van der Waals surface area contributed by atoms with Gasteiger partial charge in [-0.1, -0.05) is 29.8 Å². The predicted molar refractivity (Wildman–Crippen MR) is 63.8 cm³/mol. The topological polar surface area (TPSA) is 55.9 Å². The van der Waals surface area contributed by atoms with Crippen molar-refractivity contribution >= 4 is 11.6 Å². The molecule has 1 aromatic carbocycles. The lowest BCUT2D eigenvalue weighted by atomic mass is 10.0. The average molecular weight is 237 g/mol. The van der Waals surface area contributed by atoms with Crippen LogP contribution in [0.2, 0.25) is 5.02 Å². The minimum atomic E-state index is -0.137. The van der Waals surface area contributed by atoms with E-state index in [0.717, 1.165) is 11.1 Å². The summed E-state index contributed by atoms with van der Waals surface area (Å²) in [5.74, 6) is 5.57. The Morgan fingerprint density at radius 2 is 2.19 bits per heavy atom. The minimum absolute atomic E-state index is 0.137.